The van der Waals surface area contributed by atoms with Crippen LogP contribution in [-0.4, -0.2) is 49.5 Å². The van der Waals surface area contributed by atoms with Gasteiger partial charge in [0, 0.05) is 5.56 Å². The van der Waals surface area contributed by atoms with Gasteiger partial charge in [0.25, 0.3) is 0 Å². The molecule has 156 valence electrons. The molecule has 0 unspecified atom stereocenters. The predicted molar refractivity (Wildman–Crippen MR) is 74.4 cm³/mol. The van der Waals surface area contributed by atoms with Crippen molar-refractivity contribution in [2.24, 2.45) is 4.99 Å². The van der Waals surface area contributed by atoms with Crippen LogP contribution in [0.2, 0.25) is 0 Å². The van der Waals surface area contributed by atoms with E-state index in [0.717, 1.165) is 12.1 Å². The average Bonchev–Trinajstić information content (AvgIpc) is 3.07. The standard InChI is InChI=1S/C15H10F9NO3/c1-27-10(26)9-11(28-7-25-9,8-5-3-2-4-6-8)12(16,17)13(18,19)14(20,21)15(22,23)24/h2-7,9H,1H3/t9-,11+/m1/s1. The number of methoxy groups -OCH3 is 1. The highest BCUT2D eigenvalue weighted by molar-refractivity contribution is 5.82. The third-order valence-electron chi connectivity index (χ3n) is 4.07. The van der Waals surface area contributed by atoms with Crippen LogP contribution in [0.5, 0.6) is 0 Å². The molecule has 0 aliphatic carbocycles. The lowest BCUT2D eigenvalue weighted by molar-refractivity contribution is -0.416. The fourth-order valence-corrected chi connectivity index (χ4v) is 2.63. The van der Waals surface area contributed by atoms with E-state index in [1.807, 2.05) is 0 Å². The molecule has 4 nitrogen and oxygen atoms in total. The maximum absolute atomic E-state index is 14.9. The van der Waals surface area contributed by atoms with E-state index in [2.05, 4.69) is 14.5 Å². The molecule has 0 radical (unpaired) electrons. The average molecular weight is 423 g/mol. The van der Waals surface area contributed by atoms with Crippen molar-refractivity contribution in [3.63, 3.8) is 0 Å². The minimum absolute atomic E-state index is 0.0876. The molecule has 0 saturated heterocycles. The van der Waals surface area contributed by atoms with Crippen LogP contribution in [0.25, 0.3) is 0 Å². The highest BCUT2D eigenvalue weighted by atomic mass is 19.4. The summed E-state index contributed by atoms with van der Waals surface area (Å²) >= 11 is 0. The molecule has 1 aliphatic rings. The van der Waals surface area contributed by atoms with Gasteiger partial charge in [0.1, 0.15) is 0 Å². The number of hydrogen-bond donors (Lipinski definition) is 0. The molecular weight excluding hydrogens is 413 g/mol. The second-order valence-corrected chi connectivity index (χ2v) is 5.62. The van der Waals surface area contributed by atoms with Crippen molar-refractivity contribution in [3.05, 3.63) is 35.9 Å². The molecule has 13 heteroatoms. The lowest BCUT2D eigenvalue weighted by Gasteiger charge is -2.43. The second kappa shape index (κ2) is 6.55. The Bertz CT molecular complexity index is 764. The van der Waals surface area contributed by atoms with E-state index in [9.17, 15) is 44.3 Å². The molecule has 0 saturated carbocycles. The molecule has 1 aromatic rings. The smallest absolute Gasteiger partial charge is 0.460 e. The first kappa shape index (κ1) is 21.8. The zero-order valence-electron chi connectivity index (χ0n) is 13.6. The van der Waals surface area contributed by atoms with Crippen LogP contribution in [0, 0.1) is 0 Å². The summed E-state index contributed by atoms with van der Waals surface area (Å²) in [4.78, 5) is 14.9. The monoisotopic (exact) mass is 423 g/mol. The molecular formula is C15H10F9NO3. The normalized spacial score (nSPS) is 23.4. The predicted octanol–water partition coefficient (Wildman–Crippen LogP) is 3.95. The maximum atomic E-state index is 14.9. The van der Waals surface area contributed by atoms with Gasteiger partial charge in [0.2, 0.25) is 11.6 Å². The molecule has 1 heterocycles. The fourth-order valence-electron chi connectivity index (χ4n) is 2.63. The highest BCUT2D eigenvalue weighted by Crippen LogP contribution is 2.61. The van der Waals surface area contributed by atoms with Gasteiger partial charge >= 0.3 is 29.9 Å². The summed E-state index contributed by atoms with van der Waals surface area (Å²) in [5.41, 5.74) is -5.02. The van der Waals surface area contributed by atoms with Gasteiger partial charge in [-0.25, -0.2) is 9.79 Å². The van der Waals surface area contributed by atoms with Crippen LogP contribution in [0.3, 0.4) is 0 Å². The van der Waals surface area contributed by atoms with Crippen molar-refractivity contribution < 1.29 is 53.8 Å². The number of hydrogen-bond acceptors (Lipinski definition) is 4. The zero-order valence-corrected chi connectivity index (χ0v) is 13.6. The molecule has 28 heavy (non-hydrogen) atoms. The molecule has 1 aliphatic heterocycles. The van der Waals surface area contributed by atoms with E-state index in [0.29, 0.717) is 19.2 Å². The first-order valence-corrected chi connectivity index (χ1v) is 7.21. The number of aliphatic imine (C=N–C) groups is 1. The number of carbonyl (C=O) groups excluding carboxylic acids is 1. The number of nitrogens with zero attached hydrogens (tertiary/aromatic N) is 1. The van der Waals surface area contributed by atoms with Gasteiger partial charge in [-0.2, -0.15) is 39.5 Å². The van der Waals surface area contributed by atoms with E-state index in [1.54, 1.807) is 0 Å². The highest BCUT2D eigenvalue weighted by Gasteiger charge is 2.88. The van der Waals surface area contributed by atoms with Gasteiger partial charge in [-0.1, -0.05) is 30.3 Å². The van der Waals surface area contributed by atoms with Gasteiger partial charge in [0.05, 0.1) is 7.11 Å². The number of halogens is 9. The summed E-state index contributed by atoms with van der Waals surface area (Å²) in [6, 6.07) is 1.86. The summed E-state index contributed by atoms with van der Waals surface area (Å²) in [5, 5.41) is 0. The fraction of sp³-hybridized carbons (Fsp3) is 0.467. The summed E-state index contributed by atoms with van der Waals surface area (Å²) in [6.45, 7) is 0. The Labute approximate surface area is 150 Å². The van der Waals surface area contributed by atoms with Crippen LogP contribution < -0.4 is 0 Å². The van der Waals surface area contributed by atoms with Gasteiger partial charge in [-0.15, -0.1) is 0 Å². The second-order valence-electron chi connectivity index (χ2n) is 5.62. The Morgan fingerprint density at radius 1 is 1.00 bits per heavy atom. The van der Waals surface area contributed by atoms with E-state index in [4.69, 9.17) is 0 Å². The molecule has 0 bridgehead atoms. The summed E-state index contributed by atoms with van der Waals surface area (Å²) in [5.74, 6) is -22.2. The van der Waals surface area contributed by atoms with Crippen molar-refractivity contribution in [2.75, 3.05) is 7.11 Å². The molecule has 1 aromatic carbocycles. The third kappa shape index (κ3) is 2.70. The Morgan fingerprint density at radius 2 is 1.54 bits per heavy atom. The molecule has 0 aromatic heterocycles. The first-order chi connectivity index (χ1) is 12.7. The largest absolute Gasteiger partial charge is 0.467 e. The molecule has 0 amide bonds. The Morgan fingerprint density at radius 3 is 2.00 bits per heavy atom. The van der Waals surface area contributed by atoms with Crippen molar-refractivity contribution >= 4 is 12.4 Å². The topological polar surface area (TPSA) is 47.9 Å². The van der Waals surface area contributed by atoms with E-state index in [1.165, 1.54) is 6.07 Å². The SMILES string of the molecule is COC(=O)[C@H]1N=CO[C@]1(c1ccccc1)C(F)(F)C(F)(F)C(F)(F)C(F)(F)F. The number of rotatable bonds is 5. The summed E-state index contributed by atoms with van der Waals surface area (Å²) in [7, 11) is 0.645. The lowest BCUT2D eigenvalue weighted by atomic mass is 9.76. The quantitative estimate of drug-likeness (QED) is 0.533. The Hall–Kier alpha value is -2.47. The number of alkyl halides is 9. The Kier molecular flexibility index (Phi) is 5.11. The number of esters is 1. The first-order valence-electron chi connectivity index (χ1n) is 7.21. The van der Waals surface area contributed by atoms with Gasteiger partial charge in [0.15, 0.2) is 6.40 Å². The van der Waals surface area contributed by atoms with Gasteiger partial charge in [-0.3, -0.25) is 0 Å². The van der Waals surface area contributed by atoms with E-state index >= 15 is 0 Å². The van der Waals surface area contributed by atoms with E-state index in [-0.39, 0.29) is 6.40 Å². The van der Waals surface area contributed by atoms with Crippen LogP contribution in [0.15, 0.2) is 35.3 Å². The van der Waals surface area contributed by atoms with Crippen molar-refractivity contribution in [1.82, 2.24) is 0 Å². The molecule has 2 rings (SSSR count). The Balaban J connectivity index is 2.79. The van der Waals surface area contributed by atoms with Crippen molar-refractivity contribution in [2.45, 2.75) is 35.6 Å². The van der Waals surface area contributed by atoms with Gasteiger partial charge < -0.3 is 9.47 Å². The van der Waals surface area contributed by atoms with Crippen molar-refractivity contribution in [3.8, 4) is 0 Å². The number of benzene rings is 1. The number of ether oxygens (including phenoxy) is 2. The third-order valence-corrected chi connectivity index (χ3v) is 4.07. The lowest BCUT2D eigenvalue weighted by Crippen LogP contribution is -2.70. The molecule has 0 fully saturated rings. The summed E-state index contributed by atoms with van der Waals surface area (Å²) in [6.07, 6.45) is -6.94. The molecule has 0 N–H and O–H groups in total. The minimum Gasteiger partial charge on any atom is -0.467 e. The van der Waals surface area contributed by atoms with Crippen LogP contribution >= 0.6 is 0 Å². The molecule has 2 atom stereocenters. The van der Waals surface area contributed by atoms with Crippen LogP contribution in [-0.2, 0) is 19.9 Å². The molecule has 0 spiro atoms. The van der Waals surface area contributed by atoms with Crippen molar-refractivity contribution in [1.29, 1.82) is 0 Å². The zero-order chi connectivity index (χ0) is 21.6. The van der Waals surface area contributed by atoms with Crippen LogP contribution in [0.1, 0.15) is 5.56 Å². The minimum atomic E-state index is -7.17. The summed E-state index contributed by atoms with van der Waals surface area (Å²) < 4.78 is 131. The number of carbonyl (C=O) groups is 1. The van der Waals surface area contributed by atoms with Gasteiger partial charge in [-0.05, 0) is 0 Å². The maximum Gasteiger partial charge on any atom is 0.460 e. The van der Waals surface area contributed by atoms with E-state index < -0.39 is 47.1 Å². The van der Waals surface area contributed by atoms with Crippen LogP contribution in [0.4, 0.5) is 39.5 Å².